The second-order valence-corrected chi connectivity index (χ2v) is 9.48. The molecule has 7 heteroatoms. The Morgan fingerprint density at radius 3 is 2.14 bits per heavy atom. The summed E-state index contributed by atoms with van der Waals surface area (Å²) in [5, 5.41) is 2.21. The van der Waals surface area contributed by atoms with Crippen LogP contribution in [0.2, 0.25) is 0 Å². The standard InChI is InChI=1S/C29H26N2O5/c1-29(2,3)22-13-11-21(12-14-22)27(34)36-23-15-9-19(10-16-23)17-24-25(32)30-28(35)31(26(24)33)18-20-7-5-4-6-8-20/h4-17H,18H2,1-3H3,(H,30,32,35). The molecule has 4 amide bonds. The minimum Gasteiger partial charge on any atom is -0.423 e. The van der Waals surface area contributed by atoms with Crippen LogP contribution in [0.15, 0.2) is 84.4 Å². The Morgan fingerprint density at radius 1 is 0.889 bits per heavy atom. The number of rotatable bonds is 5. The van der Waals surface area contributed by atoms with Crippen LogP contribution in [0.3, 0.4) is 0 Å². The lowest BCUT2D eigenvalue weighted by Gasteiger charge is -2.26. The fourth-order valence-electron chi connectivity index (χ4n) is 3.67. The molecule has 1 aliphatic heterocycles. The summed E-state index contributed by atoms with van der Waals surface area (Å²) >= 11 is 0. The Kier molecular flexibility index (Phi) is 6.83. The van der Waals surface area contributed by atoms with Crippen molar-refractivity contribution in [3.8, 4) is 5.75 Å². The summed E-state index contributed by atoms with van der Waals surface area (Å²) in [5.74, 6) is -1.61. The highest BCUT2D eigenvalue weighted by atomic mass is 16.5. The number of esters is 1. The first kappa shape index (κ1) is 24.6. The van der Waals surface area contributed by atoms with Gasteiger partial charge in [0.05, 0.1) is 12.1 Å². The number of barbiturate groups is 1. The van der Waals surface area contributed by atoms with E-state index < -0.39 is 23.8 Å². The minimum atomic E-state index is -0.761. The number of hydrogen-bond donors (Lipinski definition) is 1. The van der Waals surface area contributed by atoms with Crippen LogP contribution in [0.25, 0.3) is 6.08 Å². The highest BCUT2D eigenvalue weighted by Gasteiger charge is 2.35. The molecule has 182 valence electrons. The van der Waals surface area contributed by atoms with Crippen molar-refractivity contribution in [2.24, 2.45) is 0 Å². The van der Waals surface area contributed by atoms with Crippen LogP contribution in [-0.4, -0.2) is 28.7 Å². The Bertz CT molecular complexity index is 1340. The van der Waals surface area contributed by atoms with Gasteiger partial charge in [0.15, 0.2) is 0 Å². The van der Waals surface area contributed by atoms with Crippen molar-refractivity contribution in [1.82, 2.24) is 10.2 Å². The van der Waals surface area contributed by atoms with Gasteiger partial charge in [-0.2, -0.15) is 0 Å². The molecule has 1 N–H and O–H groups in total. The number of carbonyl (C=O) groups excluding carboxylic acids is 4. The molecule has 7 nitrogen and oxygen atoms in total. The van der Waals surface area contributed by atoms with Crippen molar-refractivity contribution in [1.29, 1.82) is 0 Å². The third kappa shape index (κ3) is 5.58. The summed E-state index contributed by atoms with van der Waals surface area (Å²) in [6.45, 7) is 6.34. The lowest BCUT2D eigenvalue weighted by atomic mass is 9.87. The maximum atomic E-state index is 12.9. The lowest BCUT2D eigenvalue weighted by Crippen LogP contribution is -2.53. The second-order valence-electron chi connectivity index (χ2n) is 9.48. The van der Waals surface area contributed by atoms with Crippen LogP contribution in [0.4, 0.5) is 4.79 Å². The van der Waals surface area contributed by atoms with Crippen molar-refractivity contribution in [2.45, 2.75) is 32.7 Å². The molecule has 0 aromatic heterocycles. The molecule has 0 saturated carbocycles. The number of carbonyl (C=O) groups is 4. The Labute approximate surface area is 209 Å². The van der Waals surface area contributed by atoms with Gasteiger partial charge in [-0.1, -0.05) is 75.4 Å². The van der Waals surface area contributed by atoms with E-state index in [1.54, 1.807) is 60.7 Å². The average molecular weight is 483 g/mol. The molecule has 1 saturated heterocycles. The van der Waals surface area contributed by atoms with Crippen molar-refractivity contribution >= 4 is 29.9 Å². The number of nitrogens with one attached hydrogen (secondary N) is 1. The third-order valence-electron chi connectivity index (χ3n) is 5.76. The topological polar surface area (TPSA) is 92.8 Å². The molecule has 0 aliphatic carbocycles. The van der Waals surface area contributed by atoms with E-state index in [4.69, 9.17) is 4.74 Å². The lowest BCUT2D eigenvalue weighted by molar-refractivity contribution is -0.130. The van der Waals surface area contributed by atoms with E-state index in [9.17, 15) is 19.2 Å². The molecule has 36 heavy (non-hydrogen) atoms. The molecule has 0 spiro atoms. The molecule has 3 aromatic rings. The van der Waals surface area contributed by atoms with E-state index in [1.807, 2.05) is 18.2 Å². The highest BCUT2D eigenvalue weighted by Crippen LogP contribution is 2.23. The number of ether oxygens (including phenoxy) is 1. The van der Waals surface area contributed by atoms with E-state index in [2.05, 4.69) is 26.1 Å². The number of urea groups is 1. The van der Waals surface area contributed by atoms with Gasteiger partial charge in [0.1, 0.15) is 11.3 Å². The number of hydrogen-bond acceptors (Lipinski definition) is 5. The van der Waals surface area contributed by atoms with Crippen LogP contribution < -0.4 is 10.1 Å². The summed E-state index contributed by atoms with van der Waals surface area (Å²) in [6, 6.07) is 21.9. The van der Waals surface area contributed by atoms with Gasteiger partial charge in [-0.05, 0) is 52.4 Å². The summed E-state index contributed by atoms with van der Waals surface area (Å²) in [7, 11) is 0. The predicted molar refractivity (Wildman–Crippen MR) is 135 cm³/mol. The first-order chi connectivity index (χ1) is 17.1. The zero-order valence-corrected chi connectivity index (χ0v) is 20.3. The van der Waals surface area contributed by atoms with Crippen LogP contribution in [0, 0.1) is 0 Å². The molecular formula is C29H26N2O5. The van der Waals surface area contributed by atoms with Crippen LogP contribution in [0.5, 0.6) is 5.75 Å². The number of benzene rings is 3. The van der Waals surface area contributed by atoms with Gasteiger partial charge in [-0.3, -0.25) is 19.8 Å². The predicted octanol–water partition coefficient (Wildman–Crippen LogP) is 4.87. The zero-order chi connectivity index (χ0) is 25.9. The minimum absolute atomic E-state index is 0.0186. The molecule has 1 aliphatic rings. The average Bonchev–Trinajstić information content (AvgIpc) is 2.85. The van der Waals surface area contributed by atoms with E-state index in [1.165, 1.54) is 6.08 Å². The van der Waals surface area contributed by atoms with Gasteiger partial charge in [0.25, 0.3) is 11.8 Å². The number of nitrogens with zero attached hydrogens (tertiary/aromatic N) is 1. The summed E-state index contributed by atoms with van der Waals surface area (Å²) in [4.78, 5) is 51.0. The summed E-state index contributed by atoms with van der Waals surface area (Å²) < 4.78 is 5.45. The quantitative estimate of drug-likeness (QED) is 0.243. The van der Waals surface area contributed by atoms with Crippen molar-refractivity contribution in [2.75, 3.05) is 0 Å². The van der Waals surface area contributed by atoms with Crippen LogP contribution in [0.1, 0.15) is 47.8 Å². The molecule has 0 atom stereocenters. The molecule has 1 fully saturated rings. The molecule has 0 radical (unpaired) electrons. The fraction of sp³-hybridized carbons (Fsp3) is 0.172. The van der Waals surface area contributed by atoms with Crippen molar-refractivity contribution in [3.05, 3.63) is 107 Å². The molecular weight excluding hydrogens is 456 g/mol. The smallest absolute Gasteiger partial charge is 0.343 e. The van der Waals surface area contributed by atoms with E-state index in [0.29, 0.717) is 16.9 Å². The van der Waals surface area contributed by atoms with E-state index in [-0.39, 0.29) is 17.5 Å². The highest BCUT2D eigenvalue weighted by molar-refractivity contribution is 6.30. The first-order valence-corrected chi connectivity index (χ1v) is 11.5. The van der Waals surface area contributed by atoms with Gasteiger partial charge in [0.2, 0.25) is 0 Å². The number of amides is 4. The normalized spacial score (nSPS) is 15.1. The summed E-state index contributed by atoms with van der Waals surface area (Å²) in [6.07, 6.45) is 1.40. The molecule has 4 rings (SSSR count). The zero-order valence-electron chi connectivity index (χ0n) is 20.3. The van der Waals surface area contributed by atoms with Crippen LogP contribution in [-0.2, 0) is 21.5 Å². The third-order valence-corrected chi connectivity index (χ3v) is 5.76. The monoisotopic (exact) mass is 482 g/mol. The SMILES string of the molecule is CC(C)(C)c1ccc(C(=O)Oc2ccc(C=C3C(=O)NC(=O)N(Cc4ccccc4)C3=O)cc2)cc1. The van der Waals surface area contributed by atoms with Crippen molar-refractivity contribution in [3.63, 3.8) is 0 Å². The molecule has 0 unspecified atom stereocenters. The van der Waals surface area contributed by atoms with E-state index >= 15 is 0 Å². The van der Waals surface area contributed by atoms with Gasteiger partial charge < -0.3 is 4.74 Å². The van der Waals surface area contributed by atoms with Gasteiger partial charge >= 0.3 is 12.0 Å². The Balaban J connectivity index is 1.46. The second kappa shape index (κ2) is 10.00. The largest absolute Gasteiger partial charge is 0.423 e. The van der Waals surface area contributed by atoms with Crippen LogP contribution >= 0.6 is 0 Å². The Morgan fingerprint density at radius 2 is 1.53 bits per heavy atom. The molecule has 0 bridgehead atoms. The van der Waals surface area contributed by atoms with E-state index in [0.717, 1.165) is 16.0 Å². The van der Waals surface area contributed by atoms with Gasteiger partial charge in [-0.25, -0.2) is 9.59 Å². The first-order valence-electron chi connectivity index (χ1n) is 11.5. The molecule has 3 aromatic carbocycles. The van der Waals surface area contributed by atoms with Gasteiger partial charge in [-0.15, -0.1) is 0 Å². The number of imide groups is 2. The van der Waals surface area contributed by atoms with Gasteiger partial charge in [0, 0.05) is 0 Å². The fourth-order valence-corrected chi connectivity index (χ4v) is 3.67. The maximum absolute atomic E-state index is 12.9. The molecule has 1 heterocycles. The van der Waals surface area contributed by atoms with Crippen molar-refractivity contribution < 1.29 is 23.9 Å². The maximum Gasteiger partial charge on any atom is 0.343 e. The summed E-state index contributed by atoms with van der Waals surface area (Å²) in [5.41, 5.74) is 2.67. The Hall–Kier alpha value is -4.52.